The van der Waals surface area contributed by atoms with Crippen molar-refractivity contribution in [1.82, 2.24) is 0 Å². The monoisotopic (exact) mass is 625 g/mol. The van der Waals surface area contributed by atoms with Crippen molar-refractivity contribution in [1.29, 1.82) is 5.26 Å². The molecular formula is C25H16Cl2F7N3O4. The zero-order valence-electron chi connectivity index (χ0n) is 20.6. The Kier molecular flexibility index (Phi) is 8.57. The molecular weight excluding hydrogens is 610 g/mol. The number of alkyl halides is 7. The summed E-state index contributed by atoms with van der Waals surface area (Å²) in [6, 6.07) is 9.39. The van der Waals surface area contributed by atoms with Crippen LogP contribution in [0.1, 0.15) is 17.0 Å². The third-order valence-electron chi connectivity index (χ3n) is 6.03. The molecule has 218 valence electrons. The maximum Gasteiger partial charge on any atom is 0.435 e. The van der Waals surface area contributed by atoms with E-state index in [4.69, 9.17) is 38.4 Å². The lowest BCUT2D eigenvalue weighted by Gasteiger charge is -2.37. The van der Waals surface area contributed by atoms with Crippen LogP contribution in [-0.2, 0) is 24.7 Å². The lowest BCUT2D eigenvalue weighted by atomic mass is 9.81. The fraction of sp³-hybridized carbons (Fsp3) is 0.240. The van der Waals surface area contributed by atoms with Gasteiger partial charge in [-0.15, -0.1) is 0 Å². The van der Waals surface area contributed by atoms with Crippen molar-refractivity contribution < 1.29 is 49.8 Å². The van der Waals surface area contributed by atoms with Gasteiger partial charge < -0.3 is 15.2 Å². The summed E-state index contributed by atoms with van der Waals surface area (Å²) in [6.07, 6.45) is -13.0. The van der Waals surface area contributed by atoms with Gasteiger partial charge in [-0.2, -0.15) is 31.6 Å². The van der Waals surface area contributed by atoms with Crippen LogP contribution in [0.2, 0.25) is 10.0 Å². The minimum Gasteiger partial charge on any atom is -0.466 e. The third kappa shape index (κ3) is 5.15. The first-order valence-electron chi connectivity index (χ1n) is 10.9. The van der Waals surface area contributed by atoms with Crippen LogP contribution in [0, 0.1) is 11.3 Å². The van der Waals surface area contributed by atoms with Crippen molar-refractivity contribution in [2.24, 2.45) is 5.73 Å². The fourth-order valence-corrected chi connectivity index (χ4v) is 4.87. The van der Waals surface area contributed by atoms with Crippen LogP contribution in [0.25, 0.3) is 0 Å². The Hall–Kier alpha value is -3.96. The number of halogens is 9. The molecule has 0 aliphatic carbocycles. The summed E-state index contributed by atoms with van der Waals surface area (Å²) in [4.78, 5) is 26.7. The Morgan fingerprint density at radius 3 is 1.83 bits per heavy atom. The number of nitrogens with zero attached hydrogens (tertiary/aromatic N) is 2. The number of allylic oxidation sites excluding steroid dienone is 1. The molecule has 1 aliphatic rings. The van der Waals surface area contributed by atoms with Crippen LogP contribution < -0.4 is 10.6 Å². The average Bonchev–Trinajstić information content (AvgIpc) is 2.90. The Bertz CT molecular complexity index is 1460. The van der Waals surface area contributed by atoms with Gasteiger partial charge in [0.25, 0.3) is 0 Å². The molecule has 2 aromatic carbocycles. The molecule has 1 unspecified atom stereocenters. The Morgan fingerprint density at radius 1 is 0.927 bits per heavy atom. The molecule has 3 rings (SSSR count). The van der Waals surface area contributed by atoms with Gasteiger partial charge in [0.15, 0.2) is 0 Å². The van der Waals surface area contributed by atoms with Crippen LogP contribution in [0.5, 0.6) is 0 Å². The standard InChI is InChI=1S/C25H16Cl2F7N3O4/c1-40-21(38)17-16(11-6-4-3-5-7-11)13(10-35)20(36)37(19(17)22(39)41-2)18-14(26)8-12(9-15(18)27)23(28,24(29,30)31)25(32,33)34/h3-9,16H,36H2,1-2H3. The van der Waals surface area contributed by atoms with Crippen LogP contribution in [-0.4, -0.2) is 38.5 Å². The number of methoxy groups -OCH3 is 2. The molecule has 2 N–H and O–H groups in total. The van der Waals surface area contributed by atoms with Gasteiger partial charge in [-0.05, 0) is 17.7 Å². The summed E-state index contributed by atoms with van der Waals surface area (Å²) < 4.78 is 105. The zero-order chi connectivity index (χ0) is 31.1. The second-order valence-electron chi connectivity index (χ2n) is 8.28. The van der Waals surface area contributed by atoms with Crippen molar-refractivity contribution in [3.05, 3.63) is 86.3 Å². The SMILES string of the molecule is COC(=O)C1=C(C(=O)OC)N(c2c(Cl)cc(C(F)(C(F)(F)F)C(F)(F)F)cc2Cl)C(N)=C(C#N)C1c1ccccc1. The number of carbonyl (C=O) groups is 2. The number of nitrogens with two attached hydrogens (primary N) is 1. The van der Waals surface area contributed by atoms with E-state index in [9.17, 15) is 45.6 Å². The fourth-order valence-electron chi connectivity index (χ4n) is 4.21. The molecule has 0 spiro atoms. The smallest absolute Gasteiger partial charge is 0.435 e. The van der Waals surface area contributed by atoms with E-state index in [0.29, 0.717) is 4.90 Å². The highest BCUT2D eigenvalue weighted by molar-refractivity contribution is 6.39. The van der Waals surface area contributed by atoms with Gasteiger partial charge in [-0.1, -0.05) is 53.5 Å². The van der Waals surface area contributed by atoms with E-state index in [-0.39, 0.29) is 17.7 Å². The molecule has 16 heteroatoms. The Morgan fingerprint density at radius 2 is 1.41 bits per heavy atom. The molecule has 1 aliphatic heterocycles. The third-order valence-corrected chi connectivity index (χ3v) is 6.61. The van der Waals surface area contributed by atoms with Gasteiger partial charge in [0.1, 0.15) is 11.5 Å². The number of anilines is 1. The molecule has 1 atom stereocenters. The average molecular weight is 626 g/mol. The van der Waals surface area contributed by atoms with E-state index >= 15 is 0 Å². The quantitative estimate of drug-likeness (QED) is 0.312. The van der Waals surface area contributed by atoms with E-state index < -0.39 is 79.8 Å². The summed E-state index contributed by atoms with van der Waals surface area (Å²) in [5.74, 6) is -4.51. The number of nitriles is 1. The number of ether oxygens (including phenoxy) is 2. The largest absolute Gasteiger partial charge is 0.466 e. The lowest BCUT2D eigenvalue weighted by Crippen LogP contribution is -2.50. The first-order chi connectivity index (χ1) is 19.0. The summed E-state index contributed by atoms with van der Waals surface area (Å²) in [6.45, 7) is 0. The minimum absolute atomic E-state index is 0.0148. The van der Waals surface area contributed by atoms with Crippen molar-refractivity contribution in [2.45, 2.75) is 23.9 Å². The number of esters is 2. The molecule has 41 heavy (non-hydrogen) atoms. The van der Waals surface area contributed by atoms with Gasteiger partial charge in [0, 0.05) is 5.56 Å². The molecule has 0 bridgehead atoms. The van der Waals surface area contributed by atoms with Crippen molar-refractivity contribution >= 4 is 40.8 Å². The molecule has 0 saturated carbocycles. The summed E-state index contributed by atoms with van der Waals surface area (Å²) in [7, 11) is 1.82. The van der Waals surface area contributed by atoms with Crippen LogP contribution in [0.3, 0.4) is 0 Å². The van der Waals surface area contributed by atoms with Crippen LogP contribution in [0.4, 0.5) is 36.4 Å². The van der Waals surface area contributed by atoms with Gasteiger partial charge >= 0.3 is 30.0 Å². The molecule has 0 aromatic heterocycles. The van der Waals surface area contributed by atoms with Gasteiger partial charge in [0.2, 0.25) is 0 Å². The number of benzene rings is 2. The number of rotatable bonds is 5. The number of hydrogen-bond donors (Lipinski definition) is 1. The minimum atomic E-state index is -6.49. The van der Waals surface area contributed by atoms with E-state index in [2.05, 4.69) is 0 Å². The predicted octanol–water partition coefficient (Wildman–Crippen LogP) is 6.18. The number of hydrogen-bond acceptors (Lipinski definition) is 7. The topological polar surface area (TPSA) is 106 Å². The summed E-state index contributed by atoms with van der Waals surface area (Å²) in [5, 5.41) is 7.88. The molecule has 0 saturated heterocycles. The first-order valence-corrected chi connectivity index (χ1v) is 11.7. The van der Waals surface area contributed by atoms with Crippen LogP contribution in [0.15, 0.2) is 65.1 Å². The first kappa shape index (κ1) is 31.6. The normalized spacial score (nSPS) is 16.4. The Labute approximate surface area is 237 Å². The number of carbonyl (C=O) groups excluding carboxylic acids is 2. The lowest BCUT2D eigenvalue weighted by molar-refractivity contribution is -0.348. The second-order valence-corrected chi connectivity index (χ2v) is 9.09. The van der Waals surface area contributed by atoms with E-state index in [0.717, 1.165) is 14.2 Å². The molecule has 2 aromatic rings. The molecule has 7 nitrogen and oxygen atoms in total. The van der Waals surface area contributed by atoms with E-state index in [1.807, 2.05) is 0 Å². The molecule has 1 heterocycles. The second kappa shape index (κ2) is 11.1. The summed E-state index contributed by atoms with van der Waals surface area (Å²) in [5.41, 5.74) is -3.96. The van der Waals surface area contributed by atoms with Gasteiger partial charge in [0.05, 0.1) is 53.1 Å². The van der Waals surface area contributed by atoms with Crippen molar-refractivity contribution in [3.63, 3.8) is 0 Å². The van der Waals surface area contributed by atoms with Gasteiger partial charge in [-0.3, -0.25) is 4.90 Å². The van der Waals surface area contributed by atoms with E-state index in [1.165, 1.54) is 24.3 Å². The molecule has 0 radical (unpaired) electrons. The van der Waals surface area contributed by atoms with Crippen LogP contribution >= 0.6 is 23.2 Å². The highest BCUT2D eigenvalue weighted by atomic mass is 35.5. The maximum atomic E-state index is 14.8. The highest BCUT2D eigenvalue weighted by Crippen LogP contribution is 2.55. The molecule has 0 amide bonds. The zero-order valence-corrected chi connectivity index (χ0v) is 22.1. The Balaban J connectivity index is 2.46. The maximum absolute atomic E-state index is 14.8. The van der Waals surface area contributed by atoms with Crippen molar-refractivity contribution in [2.75, 3.05) is 19.1 Å². The predicted molar refractivity (Wildman–Crippen MR) is 131 cm³/mol. The highest BCUT2D eigenvalue weighted by Gasteiger charge is 2.73. The summed E-state index contributed by atoms with van der Waals surface area (Å²) >= 11 is 12.2. The molecule has 0 fully saturated rings. The van der Waals surface area contributed by atoms with Crippen molar-refractivity contribution in [3.8, 4) is 6.07 Å². The van der Waals surface area contributed by atoms with E-state index in [1.54, 1.807) is 12.1 Å². The van der Waals surface area contributed by atoms with Gasteiger partial charge in [-0.25, -0.2) is 14.0 Å².